The van der Waals surface area contributed by atoms with Crippen molar-refractivity contribution < 1.29 is 14.0 Å². The molecule has 0 aliphatic carbocycles. The number of alkyl halides is 1. The van der Waals surface area contributed by atoms with Gasteiger partial charge in [0.05, 0.1) is 17.1 Å². The van der Waals surface area contributed by atoms with E-state index in [2.05, 4.69) is 32.8 Å². The van der Waals surface area contributed by atoms with Crippen LogP contribution in [0.15, 0.2) is 48.8 Å². The summed E-state index contributed by atoms with van der Waals surface area (Å²) < 4.78 is 15.9. The lowest BCUT2D eigenvalue weighted by molar-refractivity contribution is -0.126. The van der Waals surface area contributed by atoms with Gasteiger partial charge in [-0.1, -0.05) is 12.1 Å². The second-order valence-corrected chi connectivity index (χ2v) is 10.3. The van der Waals surface area contributed by atoms with Crippen LogP contribution in [0.4, 0.5) is 10.3 Å². The van der Waals surface area contributed by atoms with Gasteiger partial charge in [-0.05, 0) is 74.9 Å². The van der Waals surface area contributed by atoms with E-state index in [0.717, 1.165) is 48.0 Å². The van der Waals surface area contributed by atoms with Crippen molar-refractivity contribution in [3.63, 3.8) is 0 Å². The molecule has 9 heteroatoms. The molecule has 2 amide bonds. The number of nitrogens with one attached hydrogen (secondary N) is 1. The van der Waals surface area contributed by atoms with Crippen LogP contribution in [0.5, 0.6) is 0 Å². The summed E-state index contributed by atoms with van der Waals surface area (Å²) in [7, 11) is 0. The second kappa shape index (κ2) is 11.4. The maximum Gasteiger partial charge on any atom is 0.258 e. The standard InChI is InChI=1S/C29H35FN6O2/c1-3-6-26(37)35-13-5-4-7-24(19-35)36-27-20(2)15-21(17-34-14-10-23(30)18-34)16-25(27)32-29(36)33-28(38)22-8-11-31-12-9-22/h3,6,8-9,11-12,15-16,23-24H,4-5,7,10,13-14,17-19H2,1-2H3,(H,32,33,38)/b6-3+/t23-,24+/m0/s1. The van der Waals surface area contributed by atoms with E-state index in [0.29, 0.717) is 44.1 Å². The Bertz CT molecular complexity index is 1340. The summed E-state index contributed by atoms with van der Waals surface area (Å²) >= 11 is 0. The van der Waals surface area contributed by atoms with E-state index in [4.69, 9.17) is 4.98 Å². The highest BCUT2D eigenvalue weighted by atomic mass is 19.1. The van der Waals surface area contributed by atoms with Gasteiger partial charge in [0.2, 0.25) is 11.9 Å². The van der Waals surface area contributed by atoms with Gasteiger partial charge in [0.1, 0.15) is 6.17 Å². The lowest BCUT2D eigenvalue weighted by atomic mass is 10.1. The Labute approximate surface area is 222 Å². The molecule has 3 aromatic rings. The van der Waals surface area contributed by atoms with Crippen molar-refractivity contribution in [2.75, 3.05) is 31.5 Å². The molecule has 0 spiro atoms. The minimum absolute atomic E-state index is 0.00183. The number of aryl methyl sites for hydroxylation is 1. The third-order valence-electron chi connectivity index (χ3n) is 7.46. The summed E-state index contributed by atoms with van der Waals surface area (Å²) in [5.74, 6) is 0.211. The SMILES string of the molecule is C/C=C/C(=O)N1CCCC[C@@H](n2c(NC(=O)c3ccncc3)nc3cc(CN4CC[C@H](F)C4)cc(C)c32)C1. The van der Waals surface area contributed by atoms with E-state index < -0.39 is 6.17 Å². The van der Waals surface area contributed by atoms with Crippen molar-refractivity contribution in [3.05, 3.63) is 65.5 Å². The summed E-state index contributed by atoms with van der Waals surface area (Å²) in [5.41, 5.74) is 4.36. The third kappa shape index (κ3) is 5.62. The second-order valence-electron chi connectivity index (χ2n) is 10.3. The molecule has 1 N–H and O–H groups in total. The number of carbonyl (C=O) groups is 2. The number of hydrogen-bond acceptors (Lipinski definition) is 5. The quantitative estimate of drug-likeness (QED) is 0.480. The van der Waals surface area contributed by atoms with Gasteiger partial charge in [0.15, 0.2) is 0 Å². The zero-order valence-electron chi connectivity index (χ0n) is 22.1. The number of nitrogens with zero attached hydrogens (tertiary/aromatic N) is 5. The number of likely N-dealkylation sites (tertiary alicyclic amines) is 2. The number of halogens is 1. The van der Waals surface area contributed by atoms with Gasteiger partial charge < -0.3 is 9.47 Å². The van der Waals surface area contributed by atoms with Crippen LogP contribution in [-0.2, 0) is 11.3 Å². The first-order chi connectivity index (χ1) is 18.4. The highest BCUT2D eigenvalue weighted by Crippen LogP contribution is 2.33. The number of rotatable bonds is 6. The summed E-state index contributed by atoms with van der Waals surface area (Å²) in [6, 6.07) is 7.48. The molecule has 200 valence electrons. The molecule has 2 aliphatic heterocycles. The van der Waals surface area contributed by atoms with Crippen LogP contribution in [0, 0.1) is 6.92 Å². The molecule has 2 aliphatic rings. The maximum atomic E-state index is 13.8. The van der Waals surface area contributed by atoms with Gasteiger partial charge in [-0.15, -0.1) is 0 Å². The Balaban J connectivity index is 1.54. The number of imidazole rings is 1. The van der Waals surface area contributed by atoms with Gasteiger partial charge in [0, 0.05) is 50.7 Å². The number of aromatic nitrogens is 3. The van der Waals surface area contributed by atoms with Gasteiger partial charge in [-0.3, -0.25) is 24.8 Å². The monoisotopic (exact) mass is 518 g/mol. The number of pyridine rings is 1. The highest BCUT2D eigenvalue weighted by molar-refractivity contribution is 6.04. The molecule has 2 saturated heterocycles. The summed E-state index contributed by atoms with van der Waals surface area (Å²) in [5, 5.41) is 3.04. The minimum Gasteiger partial charge on any atom is -0.337 e. The van der Waals surface area contributed by atoms with E-state index >= 15 is 0 Å². The van der Waals surface area contributed by atoms with Crippen molar-refractivity contribution in [1.29, 1.82) is 0 Å². The topological polar surface area (TPSA) is 83.4 Å². The number of anilines is 1. The number of hydrogen-bond donors (Lipinski definition) is 1. The molecule has 2 atom stereocenters. The van der Waals surface area contributed by atoms with Crippen molar-refractivity contribution >= 4 is 28.8 Å². The largest absolute Gasteiger partial charge is 0.337 e. The van der Waals surface area contributed by atoms with E-state index in [1.807, 2.05) is 17.9 Å². The first kappa shape index (κ1) is 26.0. The molecule has 8 nitrogen and oxygen atoms in total. The van der Waals surface area contributed by atoms with Crippen molar-refractivity contribution in [2.45, 2.75) is 58.3 Å². The van der Waals surface area contributed by atoms with E-state index in [9.17, 15) is 14.0 Å². The van der Waals surface area contributed by atoms with Gasteiger partial charge in [-0.25, -0.2) is 9.37 Å². The molecule has 5 rings (SSSR count). The predicted octanol–water partition coefficient (Wildman–Crippen LogP) is 4.67. The normalized spacial score (nSPS) is 20.8. The molecule has 38 heavy (non-hydrogen) atoms. The third-order valence-corrected chi connectivity index (χ3v) is 7.46. The zero-order valence-corrected chi connectivity index (χ0v) is 22.1. The Hall–Kier alpha value is -3.59. The van der Waals surface area contributed by atoms with Crippen LogP contribution in [0.3, 0.4) is 0 Å². The van der Waals surface area contributed by atoms with Crippen molar-refractivity contribution in [2.24, 2.45) is 0 Å². The van der Waals surface area contributed by atoms with Crippen LogP contribution < -0.4 is 5.32 Å². The smallest absolute Gasteiger partial charge is 0.258 e. The number of carbonyl (C=O) groups excluding carboxylic acids is 2. The molecule has 0 unspecified atom stereocenters. The van der Waals surface area contributed by atoms with Gasteiger partial charge in [0.25, 0.3) is 5.91 Å². The average Bonchev–Trinajstić information content (AvgIpc) is 3.38. The molecular formula is C29H35FN6O2. The van der Waals surface area contributed by atoms with Crippen molar-refractivity contribution in [1.82, 2.24) is 24.3 Å². The Morgan fingerprint density at radius 3 is 2.68 bits per heavy atom. The fraction of sp³-hybridized carbons (Fsp3) is 0.448. The van der Waals surface area contributed by atoms with E-state index in [1.165, 1.54) is 0 Å². The van der Waals surface area contributed by atoms with E-state index in [-0.39, 0.29) is 17.9 Å². The average molecular weight is 519 g/mol. The molecular weight excluding hydrogens is 483 g/mol. The number of amides is 2. The zero-order chi connectivity index (χ0) is 26.6. The summed E-state index contributed by atoms with van der Waals surface area (Å²) in [6.07, 6.45) is 9.14. The highest BCUT2D eigenvalue weighted by Gasteiger charge is 2.28. The van der Waals surface area contributed by atoms with Crippen molar-refractivity contribution in [3.8, 4) is 0 Å². The fourth-order valence-corrected chi connectivity index (χ4v) is 5.68. The van der Waals surface area contributed by atoms with Gasteiger partial charge >= 0.3 is 0 Å². The minimum atomic E-state index is -0.766. The molecule has 0 radical (unpaired) electrons. The summed E-state index contributed by atoms with van der Waals surface area (Å²) in [4.78, 5) is 38.9. The number of fused-ring (bicyclic) bond motifs is 1. The molecule has 0 bridgehead atoms. The maximum absolute atomic E-state index is 13.8. The number of allylic oxidation sites excluding steroid dienone is 1. The lowest BCUT2D eigenvalue weighted by Gasteiger charge is -2.26. The van der Waals surface area contributed by atoms with Crippen LogP contribution in [0.2, 0.25) is 0 Å². The summed E-state index contributed by atoms with van der Waals surface area (Å²) in [6.45, 7) is 7.02. The molecule has 0 saturated carbocycles. The predicted molar refractivity (Wildman–Crippen MR) is 146 cm³/mol. The fourth-order valence-electron chi connectivity index (χ4n) is 5.68. The Morgan fingerprint density at radius 1 is 1.13 bits per heavy atom. The van der Waals surface area contributed by atoms with Crippen LogP contribution >= 0.6 is 0 Å². The number of benzene rings is 1. The molecule has 2 aromatic heterocycles. The van der Waals surface area contributed by atoms with Gasteiger partial charge in [-0.2, -0.15) is 0 Å². The Kier molecular flexibility index (Phi) is 7.83. The first-order valence-corrected chi connectivity index (χ1v) is 13.4. The van der Waals surface area contributed by atoms with E-state index in [1.54, 1.807) is 36.7 Å². The van der Waals surface area contributed by atoms with Crippen LogP contribution in [-0.4, -0.2) is 68.5 Å². The molecule has 1 aromatic carbocycles. The molecule has 2 fully saturated rings. The Morgan fingerprint density at radius 2 is 1.95 bits per heavy atom. The van der Waals surface area contributed by atoms with Crippen LogP contribution in [0.25, 0.3) is 11.0 Å². The lowest BCUT2D eigenvalue weighted by Crippen LogP contribution is -2.34. The van der Waals surface area contributed by atoms with Crippen LogP contribution in [0.1, 0.15) is 60.1 Å². The molecule has 4 heterocycles. The first-order valence-electron chi connectivity index (χ1n) is 13.4.